The average molecular weight is 341 g/mol. The summed E-state index contributed by atoms with van der Waals surface area (Å²) in [6.45, 7) is 3.67. The maximum Gasteiger partial charge on any atom is 0.270 e. The molecule has 1 heterocycles. The Labute approximate surface area is 142 Å². The van der Waals surface area contributed by atoms with Crippen molar-refractivity contribution in [2.45, 2.75) is 26.7 Å². The van der Waals surface area contributed by atoms with Crippen molar-refractivity contribution in [3.05, 3.63) is 55.9 Å². The van der Waals surface area contributed by atoms with E-state index in [2.05, 4.69) is 0 Å². The Morgan fingerprint density at radius 2 is 1.80 bits per heavy atom. The molecule has 0 bridgehead atoms. The molecule has 128 valence electrons. The van der Waals surface area contributed by atoms with Crippen molar-refractivity contribution in [3.8, 4) is 0 Å². The highest BCUT2D eigenvalue weighted by molar-refractivity contribution is 6.25. The molecule has 0 amide bonds. The number of Topliss-reactive ketones (excluding diaryl/α,β-unsaturated/α-hetero) is 2. The van der Waals surface area contributed by atoms with Crippen LogP contribution < -0.4 is 5.43 Å². The normalized spacial score (nSPS) is 17.0. The number of nitro benzene ring substituents is 1. The number of carbonyl (C=O) groups excluding carboxylic acids is 2. The lowest BCUT2D eigenvalue weighted by Gasteiger charge is -2.28. The molecule has 0 unspecified atom stereocenters. The third-order valence-electron chi connectivity index (χ3n) is 4.17. The Morgan fingerprint density at radius 3 is 2.40 bits per heavy atom. The molecule has 0 atom stereocenters. The number of hydrogen-bond donors (Lipinski definition) is 0. The van der Waals surface area contributed by atoms with Gasteiger partial charge in [-0.25, -0.2) is 0 Å². The van der Waals surface area contributed by atoms with Gasteiger partial charge in [0.2, 0.25) is 0 Å². The molecule has 1 fully saturated rings. The lowest BCUT2D eigenvalue weighted by atomic mass is 9.74. The number of rotatable bonds is 2. The van der Waals surface area contributed by atoms with Gasteiger partial charge in [-0.2, -0.15) is 0 Å². The predicted octanol–water partition coefficient (Wildman–Crippen LogP) is 3.04. The molecule has 0 radical (unpaired) electrons. The van der Waals surface area contributed by atoms with Crippen LogP contribution in [0.5, 0.6) is 0 Å². The lowest BCUT2D eigenvalue weighted by Crippen LogP contribution is -2.31. The maximum atomic E-state index is 12.6. The Kier molecular flexibility index (Phi) is 3.87. The second-order valence-corrected chi connectivity index (χ2v) is 6.88. The van der Waals surface area contributed by atoms with Crippen LogP contribution in [0.4, 0.5) is 5.69 Å². The highest BCUT2D eigenvalue weighted by Gasteiger charge is 2.35. The third kappa shape index (κ3) is 3.13. The van der Waals surface area contributed by atoms with E-state index < -0.39 is 15.8 Å². The van der Waals surface area contributed by atoms with E-state index in [1.54, 1.807) is 0 Å². The minimum atomic E-state index is -0.611. The largest absolute Gasteiger partial charge is 0.463 e. The molecule has 0 aliphatic heterocycles. The van der Waals surface area contributed by atoms with E-state index in [9.17, 15) is 24.5 Å². The van der Waals surface area contributed by atoms with Gasteiger partial charge in [0.05, 0.1) is 21.4 Å². The van der Waals surface area contributed by atoms with Gasteiger partial charge in [-0.15, -0.1) is 0 Å². The van der Waals surface area contributed by atoms with E-state index in [-0.39, 0.29) is 52.2 Å². The van der Waals surface area contributed by atoms with E-state index in [0.717, 1.165) is 12.3 Å². The number of allylic oxidation sites excluding steroid dienone is 1. The Hall–Kier alpha value is -3.09. The summed E-state index contributed by atoms with van der Waals surface area (Å²) >= 11 is 0. The molecule has 1 aliphatic rings. The molecular formula is C18H15NO6. The monoisotopic (exact) mass is 341 g/mol. The van der Waals surface area contributed by atoms with Crippen LogP contribution in [0.25, 0.3) is 17.0 Å². The van der Waals surface area contributed by atoms with Crippen LogP contribution in [-0.4, -0.2) is 16.5 Å². The summed E-state index contributed by atoms with van der Waals surface area (Å²) in [5, 5.41) is 10.9. The van der Waals surface area contributed by atoms with Crippen LogP contribution in [0, 0.1) is 15.5 Å². The second kappa shape index (κ2) is 5.77. The van der Waals surface area contributed by atoms with Gasteiger partial charge >= 0.3 is 0 Å². The van der Waals surface area contributed by atoms with Gasteiger partial charge in [0.1, 0.15) is 11.8 Å². The van der Waals surface area contributed by atoms with Crippen molar-refractivity contribution in [1.29, 1.82) is 0 Å². The first-order valence-electron chi connectivity index (χ1n) is 7.66. The molecule has 1 aliphatic carbocycles. The minimum absolute atomic E-state index is 0.0180. The van der Waals surface area contributed by atoms with Gasteiger partial charge in [-0.05, 0) is 17.6 Å². The molecule has 0 saturated heterocycles. The number of non-ortho nitro benzene ring substituents is 1. The van der Waals surface area contributed by atoms with E-state index in [0.29, 0.717) is 0 Å². The number of hydrogen-bond acceptors (Lipinski definition) is 6. The number of fused-ring (bicyclic) bond motifs is 1. The van der Waals surface area contributed by atoms with Crippen molar-refractivity contribution in [1.82, 2.24) is 0 Å². The molecule has 0 spiro atoms. The zero-order valence-corrected chi connectivity index (χ0v) is 13.7. The van der Waals surface area contributed by atoms with E-state index >= 15 is 0 Å². The van der Waals surface area contributed by atoms with Crippen molar-refractivity contribution >= 4 is 34.3 Å². The van der Waals surface area contributed by atoms with Crippen molar-refractivity contribution in [3.63, 3.8) is 0 Å². The van der Waals surface area contributed by atoms with Gasteiger partial charge in [-0.1, -0.05) is 13.8 Å². The molecule has 1 saturated carbocycles. The van der Waals surface area contributed by atoms with Crippen molar-refractivity contribution < 1.29 is 18.9 Å². The summed E-state index contributed by atoms with van der Waals surface area (Å²) in [6.07, 6.45) is 2.82. The summed E-state index contributed by atoms with van der Waals surface area (Å²) in [7, 11) is 0. The smallest absolute Gasteiger partial charge is 0.270 e. The second-order valence-electron chi connectivity index (χ2n) is 6.88. The quantitative estimate of drug-likeness (QED) is 0.359. The molecule has 25 heavy (non-hydrogen) atoms. The molecule has 7 heteroatoms. The summed E-state index contributed by atoms with van der Waals surface area (Å²) in [5.74, 6) is -0.639. The van der Waals surface area contributed by atoms with Gasteiger partial charge in [0.15, 0.2) is 17.0 Å². The van der Waals surface area contributed by atoms with Crippen LogP contribution in [0.2, 0.25) is 0 Å². The number of carbonyl (C=O) groups is 2. The van der Waals surface area contributed by atoms with Crippen LogP contribution >= 0.6 is 0 Å². The first kappa shape index (κ1) is 16.8. The topological polar surface area (TPSA) is 107 Å². The fraction of sp³-hybridized carbons (Fsp3) is 0.278. The van der Waals surface area contributed by atoms with Crippen LogP contribution in [0.3, 0.4) is 0 Å². The van der Waals surface area contributed by atoms with Gasteiger partial charge < -0.3 is 4.42 Å². The number of nitrogens with zero attached hydrogens (tertiary/aromatic N) is 1. The summed E-state index contributed by atoms with van der Waals surface area (Å²) in [6, 6.07) is 3.70. The Balaban J connectivity index is 2.12. The summed E-state index contributed by atoms with van der Waals surface area (Å²) in [4.78, 5) is 47.3. The van der Waals surface area contributed by atoms with Gasteiger partial charge in [-0.3, -0.25) is 24.5 Å². The van der Waals surface area contributed by atoms with E-state index in [4.69, 9.17) is 4.42 Å². The number of benzene rings is 1. The highest BCUT2D eigenvalue weighted by Crippen LogP contribution is 2.34. The molecule has 2 aromatic rings. The number of ketones is 2. The highest BCUT2D eigenvalue weighted by atomic mass is 16.6. The van der Waals surface area contributed by atoms with Crippen LogP contribution in [-0.2, 0) is 9.59 Å². The summed E-state index contributed by atoms with van der Waals surface area (Å²) < 4.78 is 5.32. The molecular weight excluding hydrogens is 326 g/mol. The van der Waals surface area contributed by atoms with E-state index in [1.807, 2.05) is 13.8 Å². The van der Waals surface area contributed by atoms with Crippen molar-refractivity contribution in [2.75, 3.05) is 0 Å². The first-order valence-corrected chi connectivity index (χ1v) is 7.66. The summed E-state index contributed by atoms with van der Waals surface area (Å²) in [5.41, 5.74) is -0.986. The van der Waals surface area contributed by atoms with Crippen molar-refractivity contribution in [2.24, 2.45) is 5.41 Å². The molecule has 7 nitrogen and oxygen atoms in total. The lowest BCUT2D eigenvalue weighted by molar-refractivity contribution is -0.384. The van der Waals surface area contributed by atoms with Gasteiger partial charge in [0, 0.05) is 25.0 Å². The van der Waals surface area contributed by atoms with E-state index in [1.165, 1.54) is 18.2 Å². The average Bonchev–Trinajstić information content (AvgIpc) is 2.51. The Bertz CT molecular complexity index is 990. The number of nitro groups is 1. The molecule has 1 aromatic heterocycles. The van der Waals surface area contributed by atoms with Crippen LogP contribution in [0.1, 0.15) is 32.3 Å². The zero-order valence-electron chi connectivity index (χ0n) is 13.7. The molecule has 3 rings (SSSR count). The van der Waals surface area contributed by atoms with Gasteiger partial charge in [0.25, 0.3) is 5.69 Å². The maximum absolute atomic E-state index is 12.6. The molecule has 0 N–H and O–H groups in total. The minimum Gasteiger partial charge on any atom is -0.463 e. The standard InChI is InChI=1S/C18H15NO6/c1-18(2)7-14(20)12(15(21)8-18)5-10-9-25-16-4-3-11(19(23)24)6-13(16)17(10)22/h3-6,9H,7-8H2,1-2H3. The Morgan fingerprint density at radius 1 is 1.16 bits per heavy atom. The first-order chi connectivity index (χ1) is 11.7. The predicted molar refractivity (Wildman–Crippen MR) is 90.1 cm³/mol. The van der Waals surface area contributed by atoms with Crippen LogP contribution in [0.15, 0.2) is 39.2 Å². The fourth-order valence-electron chi connectivity index (χ4n) is 2.94. The SMILES string of the molecule is CC1(C)CC(=O)C(=Cc2coc3ccc([N+](=O)[O-])cc3c2=O)C(=O)C1. The zero-order chi connectivity index (χ0) is 18.4. The molecule has 1 aromatic carbocycles. The fourth-order valence-corrected chi connectivity index (χ4v) is 2.94. The third-order valence-corrected chi connectivity index (χ3v) is 4.17.